The number of hydrogen-bond acceptors (Lipinski definition) is 4. The van der Waals surface area contributed by atoms with Crippen LogP contribution >= 0.6 is 15.9 Å². The Morgan fingerprint density at radius 3 is 2.63 bits per heavy atom. The number of carbonyl (C=O) groups is 2. The monoisotopic (exact) mass is 472 g/mol. The first-order valence-corrected chi connectivity index (χ1v) is 10.9. The lowest BCUT2D eigenvalue weighted by Gasteiger charge is -2.29. The van der Waals surface area contributed by atoms with Crippen molar-refractivity contribution in [3.8, 4) is 11.5 Å². The Morgan fingerprint density at radius 1 is 1.13 bits per heavy atom. The summed E-state index contributed by atoms with van der Waals surface area (Å²) in [5.41, 5.74) is 1.43. The van der Waals surface area contributed by atoms with Gasteiger partial charge in [-0.2, -0.15) is 0 Å². The summed E-state index contributed by atoms with van der Waals surface area (Å²) in [5.74, 6) is 0.944. The van der Waals surface area contributed by atoms with E-state index in [1.54, 1.807) is 23.1 Å². The number of ether oxygens (including phenoxy) is 2. The largest absolute Gasteiger partial charge is 0.454 e. The van der Waals surface area contributed by atoms with E-state index in [1.165, 1.54) is 0 Å². The molecule has 1 atom stereocenters. The number of rotatable bonds is 5. The van der Waals surface area contributed by atoms with E-state index < -0.39 is 6.04 Å². The minimum absolute atomic E-state index is 0.105. The van der Waals surface area contributed by atoms with E-state index in [2.05, 4.69) is 47.2 Å². The molecule has 4 rings (SSSR count). The van der Waals surface area contributed by atoms with Crippen LogP contribution in [-0.2, 0) is 10.2 Å². The van der Waals surface area contributed by atoms with Crippen LogP contribution in [0, 0.1) is 0 Å². The van der Waals surface area contributed by atoms with E-state index in [0.717, 1.165) is 16.5 Å². The minimum atomic E-state index is -0.455. The van der Waals surface area contributed by atoms with Gasteiger partial charge in [0.1, 0.15) is 6.04 Å². The van der Waals surface area contributed by atoms with E-state index in [-0.39, 0.29) is 24.0 Å². The second kappa shape index (κ2) is 8.30. The molecule has 158 valence electrons. The molecule has 2 aromatic carbocycles. The Labute approximate surface area is 184 Å². The molecule has 0 radical (unpaired) electrons. The van der Waals surface area contributed by atoms with Crippen molar-refractivity contribution in [2.24, 2.45) is 0 Å². The fourth-order valence-electron chi connectivity index (χ4n) is 3.91. The van der Waals surface area contributed by atoms with Crippen LogP contribution in [0.3, 0.4) is 0 Å². The average Bonchev–Trinajstić information content (AvgIpc) is 3.40. The van der Waals surface area contributed by atoms with Crippen LogP contribution in [0.1, 0.15) is 42.6 Å². The van der Waals surface area contributed by atoms with Crippen molar-refractivity contribution in [3.63, 3.8) is 0 Å². The molecule has 1 fully saturated rings. The quantitative estimate of drug-likeness (QED) is 0.716. The van der Waals surface area contributed by atoms with E-state index in [4.69, 9.17) is 9.47 Å². The molecule has 2 heterocycles. The van der Waals surface area contributed by atoms with Gasteiger partial charge in [-0.3, -0.25) is 9.59 Å². The van der Waals surface area contributed by atoms with Gasteiger partial charge in [-0.15, -0.1) is 0 Å². The molecule has 0 bridgehead atoms. The molecule has 7 heteroatoms. The summed E-state index contributed by atoms with van der Waals surface area (Å²) in [5, 5.41) is 3.07. The third-order valence-corrected chi connectivity index (χ3v) is 6.29. The smallest absolute Gasteiger partial charge is 0.254 e. The Bertz CT molecular complexity index is 958. The summed E-state index contributed by atoms with van der Waals surface area (Å²) in [6.07, 6.45) is 1.48. The van der Waals surface area contributed by atoms with Crippen LogP contribution in [0.4, 0.5) is 0 Å². The fourth-order valence-corrected chi connectivity index (χ4v) is 4.17. The highest BCUT2D eigenvalue weighted by atomic mass is 79.9. The third kappa shape index (κ3) is 4.17. The maximum Gasteiger partial charge on any atom is 0.254 e. The first-order chi connectivity index (χ1) is 14.3. The lowest BCUT2D eigenvalue weighted by molar-refractivity contribution is -0.125. The minimum Gasteiger partial charge on any atom is -0.454 e. The van der Waals surface area contributed by atoms with Gasteiger partial charge in [-0.1, -0.05) is 41.9 Å². The molecule has 1 unspecified atom stereocenters. The standard InChI is InChI=1S/C23H25BrN2O4/c1-23(2,16-6-8-17(24)9-7-16)13-25-21(27)18-4-3-11-26(18)22(28)15-5-10-19-20(12-15)30-14-29-19/h5-10,12,18H,3-4,11,13-14H2,1-2H3,(H,25,27). The van der Waals surface area contributed by atoms with E-state index >= 15 is 0 Å². The number of nitrogens with zero attached hydrogens (tertiary/aromatic N) is 1. The first kappa shape index (κ1) is 20.7. The van der Waals surface area contributed by atoms with Gasteiger partial charge >= 0.3 is 0 Å². The Hall–Kier alpha value is -2.54. The van der Waals surface area contributed by atoms with Crippen LogP contribution in [0.2, 0.25) is 0 Å². The van der Waals surface area contributed by atoms with Gasteiger partial charge < -0.3 is 19.7 Å². The Balaban J connectivity index is 1.42. The van der Waals surface area contributed by atoms with Crippen molar-refractivity contribution in [2.45, 2.75) is 38.1 Å². The summed E-state index contributed by atoms with van der Waals surface area (Å²) in [4.78, 5) is 27.7. The normalized spacial score (nSPS) is 17.8. The van der Waals surface area contributed by atoms with Crippen molar-refractivity contribution in [2.75, 3.05) is 19.9 Å². The topological polar surface area (TPSA) is 67.9 Å². The van der Waals surface area contributed by atoms with Crippen molar-refractivity contribution < 1.29 is 19.1 Å². The molecule has 30 heavy (non-hydrogen) atoms. The number of amides is 2. The Morgan fingerprint density at radius 2 is 1.87 bits per heavy atom. The van der Waals surface area contributed by atoms with Crippen molar-refractivity contribution in [1.29, 1.82) is 0 Å². The molecule has 6 nitrogen and oxygen atoms in total. The number of fused-ring (bicyclic) bond motifs is 1. The summed E-state index contributed by atoms with van der Waals surface area (Å²) < 4.78 is 11.7. The van der Waals surface area contributed by atoms with Gasteiger partial charge in [-0.25, -0.2) is 0 Å². The molecule has 2 aromatic rings. The van der Waals surface area contributed by atoms with E-state index in [0.29, 0.717) is 36.6 Å². The van der Waals surface area contributed by atoms with E-state index in [1.807, 2.05) is 12.1 Å². The summed E-state index contributed by atoms with van der Waals surface area (Å²) >= 11 is 3.45. The molecule has 1 saturated heterocycles. The van der Waals surface area contributed by atoms with Gasteiger partial charge in [0.05, 0.1) is 0 Å². The zero-order chi connectivity index (χ0) is 21.3. The SMILES string of the molecule is CC(C)(CNC(=O)C1CCCN1C(=O)c1ccc2c(c1)OCO2)c1ccc(Br)cc1. The highest BCUT2D eigenvalue weighted by Crippen LogP contribution is 2.33. The lowest BCUT2D eigenvalue weighted by atomic mass is 9.84. The third-order valence-electron chi connectivity index (χ3n) is 5.77. The highest BCUT2D eigenvalue weighted by Gasteiger charge is 2.35. The van der Waals surface area contributed by atoms with Crippen molar-refractivity contribution in [3.05, 3.63) is 58.1 Å². The molecule has 2 aliphatic heterocycles. The van der Waals surface area contributed by atoms with Gasteiger partial charge in [0.2, 0.25) is 12.7 Å². The molecule has 2 aliphatic rings. The van der Waals surface area contributed by atoms with Crippen LogP contribution in [-0.4, -0.2) is 42.6 Å². The van der Waals surface area contributed by atoms with Crippen LogP contribution in [0.5, 0.6) is 11.5 Å². The fraction of sp³-hybridized carbons (Fsp3) is 0.391. The summed E-state index contributed by atoms with van der Waals surface area (Å²) in [6.45, 7) is 5.43. The molecule has 0 aromatic heterocycles. The zero-order valence-electron chi connectivity index (χ0n) is 17.1. The zero-order valence-corrected chi connectivity index (χ0v) is 18.7. The lowest BCUT2D eigenvalue weighted by Crippen LogP contribution is -2.48. The van der Waals surface area contributed by atoms with Crippen LogP contribution in [0.25, 0.3) is 0 Å². The first-order valence-electron chi connectivity index (χ1n) is 10.1. The highest BCUT2D eigenvalue weighted by molar-refractivity contribution is 9.10. The van der Waals surface area contributed by atoms with Crippen molar-refractivity contribution in [1.82, 2.24) is 10.2 Å². The maximum atomic E-state index is 13.1. The number of carbonyl (C=O) groups excluding carboxylic acids is 2. The average molecular weight is 473 g/mol. The molecule has 0 saturated carbocycles. The molecule has 0 spiro atoms. The number of benzene rings is 2. The van der Waals surface area contributed by atoms with Gasteiger partial charge in [0.25, 0.3) is 5.91 Å². The number of halogens is 1. The Kier molecular flexibility index (Phi) is 5.73. The molecular weight excluding hydrogens is 448 g/mol. The van der Waals surface area contributed by atoms with Crippen molar-refractivity contribution >= 4 is 27.7 Å². The molecule has 2 amide bonds. The number of hydrogen-bond donors (Lipinski definition) is 1. The van der Waals surface area contributed by atoms with E-state index in [9.17, 15) is 9.59 Å². The van der Waals surface area contributed by atoms with Crippen LogP contribution in [0.15, 0.2) is 46.9 Å². The van der Waals surface area contributed by atoms with Crippen LogP contribution < -0.4 is 14.8 Å². The summed E-state index contributed by atoms with van der Waals surface area (Å²) in [7, 11) is 0. The predicted octanol–water partition coefficient (Wildman–Crippen LogP) is 3.88. The maximum absolute atomic E-state index is 13.1. The predicted molar refractivity (Wildman–Crippen MR) is 117 cm³/mol. The van der Waals surface area contributed by atoms with Gasteiger partial charge in [-0.05, 0) is 48.7 Å². The number of likely N-dealkylation sites (tertiary alicyclic amines) is 1. The van der Waals surface area contributed by atoms with Gasteiger partial charge in [0, 0.05) is 28.5 Å². The molecule has 0 aliphatic carbocycles. The second-order valence-electron chi connectivity index (χ2n) is 8.33. The second-order valence-corrected chi connectivity index (χ2v) is 9.25. The molecule has 1 N–H and O–H groups in total. The summed E-state index contributed by atoms with van der Waals surface area (Å²) in [6, 6.07) is 12.8. The number of nitrogens with one attached hydrogen (secondary N) is 1. The van der Waals surface area contributed by atoms with Gasteiger partial charge in [0.15, 0.2) is 11.5 Å². The molecular formula is C23H25BrN2O4.